The Balaban J connectivity index is 1.74. The van der Waals surface area contributed by atoms with Gasteiger partial charge in [-0.15, -0.1) is 0 Å². The van der Waals surface area contributed by atoms with Crippen molar-refractivity contribution in [2.45, 2.75) is 31.7 Å². The summed E-state index contributed by atoms with van der Waals surface area (Å²) in [4.78, 5) is 31.0. The molecule has 0 N–H and O–H groups in total. The second-order valence-electron chi connectivity index (χ2n) is 6.14. The molecule has 1 amide bonds. The molecule has 1 aromatic carbocycles. The molecule has 3 heterocycles. The van der Waals surface area contributed by atoms with Gasteiger partial charge in [-0.1, -0.05) is 36.2 Å². The van der Waals surface area contributed by atoms with Crippen molar-refractivity contribution in [3.8, 4) is 0 Å². The number of likely N-dealkylation sites (tertiary alicyclic amines) is 1. The van der Waals surface area contributed by atoms with Gasteiger partial charge < -0.3 is 13.8 Å². The van der Waals surface area contributed by atoms with Crippen molar-refractivity contribution in [2.24, 2.45) is 0 Å². The lowest BCUT2D eigenvalue weighted by Crippen LogP contribution is -2.35. The lowest BCUT2D eigenvalue weighted by Gasteiger charge is -2.27. The van der Waals surface area contributed by atoms with E-state index >= 15 is 0 Å². The highest BCUT2D eigenvalue weighted by atomic mass is 16.5. The van der Waals surface area contributed by atoms with Crippen molar-refractivity contribution in [1.82, 2.24) is 15.0 Å². The van der Waals surface area contributed by atoms with Gasteiger partial charge in [-0.2, -0.15) is 4.98 Å². The van der Waals surface area contributed by atoms with E-state index in [4.69, 9.17) is 8.94 Å². The monoisotopic (exact) mass is 339 g/mol. The van der Waals surface area contributed by atoms with Crippen LogP contribution >= 0.6 is 0 Å². The molecule has 0 aliphatic carbocycles. The van der Waals surface area contributed by atoms with Crippen molar-refractivity contribution in [2.75, 3.05) is 6.54 Å². The van der Waals surface area contributed by atoms with Crippen LogP contribution in [0.15, 0.2) is 50.5 Å². The fraction of sp³-hybridized carbons (Fsp3) is 0.333. The van der Waals surface area contributed by atoms with E-state index in [1.165, 1.54) is 6.39 Å². The molecule has 1 fully saturated rings. The summed E-state index contributed by atoms with van der Waals surface area (Å²) in [6.45, 7) is 0.564. The van der Waals surface area contributed by atoms with Crippen LogP contribution in [0.4, 0.5) is 0 Å². The third-order valence-corrected chi connectivity index (χ3v) is 4.57. The van der Waals surface area contributed by atoms with Crippen molar-refractivity contribution in [1.29, 1.82) is 0 Å². The molecule has 1 saturated heterocycles. The first-order valence-electron chi connectivity index (χ1n) is 8.34. The topological polar surface area (TPSA) is 89.4 Å². The lowest BCUT2D eigenvalue weighted by molar-refractivity contribution is 0.0633. The smallest absolute Gasteiger partial charge is 0.344 e. The number of fused-ring (bicyclic) bond motifs is 1. The van der Waals surface area contributed by atoms with Gasteiger partial charge in [0.15, 0.2) is 11.6 Å². The molecule has 7 nitrogen and oxygen atoms in total. The highest BCUT2D eigenvalue weighted by Crippen LogP contribution is 2.29. The fourth-order valence-corrected chi connectivity index (χ4v) is 3.33. The van der Waals surface area contributed by atoms with Crippen molar-refractivity contribution in [3.63, 3.8) is 0 Å². The summed E-state index contributed by atoms with van der Waals surface area (Å²) in [6, 6.07) is 8.42. The highest BCUT2D eigenvalue weighted by molar-refractivity contribution is 5.95. The molecular weight excluding hydrogens is 322 g/mol. The van der Waals surface area contributed by atoms with E-state index in [1.807, 2.05) is 6.07 Å². The summed E-state index contributed by atoms with van der Waals surface area (Å²) < 4.78 is 10.1. The maximum absolute atomic E-state index is 13.1. The third kappa shape index (κ3) is 2.93. The van der Waals surface area contributed by atoms with Crippen molar-refractivity contribution < 1.29 is 13.7 Å². The fourth-order valence-electron chi connectivity index (χ4n) is 3.33. The maximum atomic E-state index is 13.1. The summed E-state index contributed by atoms with van der Waals surface area (Å²) in [6.07, 6.45) is 4.91. The van der Waals surface area contributed by atoms with E-state index in [0.717, 1.165) is 25.7 Å². The minimum atomic E-state index is -0.507. The summed E-state index contributed by atoms with van der Waals surface area (Å²) in [5.74, 6) is 0.206. The second kappa shape index (κ2) is 6.51. The molecule has 0 bridgehead atoms. The molecule has 0 saturated carbocycles. The Morgan fingerprint density at radius 3 is 2.92 bits per heavy atom. The van der Waals surface area contributed by atoms with E-state index < -0.39 is 5.63 Å². The van der Waals surface area contributed by atoms with Gasteiger partial charge in [0.25, 0.3) is 5.91 Å². The number of benzene rings is 1. The first kappa shape index (κ1) is 15.6. The number of amides is 1. The quantitative estimate of drug-likeness (QED) is 0.713. The van der Waals surface area contributed by atoms with Crippen LogP contribution in [-0.2, 0) is 0 Å². The Bertz CT molecular complexity index is 948. The van der Waals surface area contributed by atoms with E-state index in [1.54, 1.807) is 29.2 Å². The molecule has 0 unspecified atom stereocenters. The molecular formula is C18H17N3O4. The first-order chi connectivity index (χ1) is 12.2. The normalized spacial score (nSPS) is 18.2. The standard InChI is InChI=1S/C18H17N3O4/c22-17(15-10-12-6-3-4-7-13(12)18(23)25-15)21-9-5-1-2-8-14(21)16-19-11-24-20-16/h3-4,6-7,10-11,14H,1-2,5,8-9H2/t14-/m0/s1. The van der Waals surface area contributed by atoms with E-state index in [-0.39, 0.29) is 17.7 Å². The molecule has 2 aromatic heterocycles. The lowest BCUT2D eigenvalue weighted by atomic mass is 10.1. The van der Waals surface area contributed by atoms with Gasteiger partial charge in [-0.3, -0.25) is 4.79 Å². The van der Waals surface area contributed by atoms with Crippen LogP contribution in [0, 0.1) is 0 Å². The van der Waals surface area contributed by atoms with E-state index in [9.17, 15) is 9.59 Å². The van der Waals surface area contributed by atoms with Gasteiger partial charge in [0.05, 0.1) is 11.4 Å². The molecule has 1 aliphatic rings. The number of rotatable bonds is 2. The van der Waals surface area contributed by atoms with Gasteiger partial charge in [-0.05, 0) is 30.4 Å². The molecule has 25 heavy (non-hydrogen) atoms. The number of hydrogen-bond acceptors (Lipinski definition) is 6. The average Bonchev–Trinajstić information content (AvgIpc) is 3.05. The SMILES string of the molecule is O=C(c1cc2ccccc2c(=O)o1)N1CCCCC[C@H]1c1ncon1. The molecule has 7 heteroatoms. The third-order valence-electron chi connectivity index (χ3n) is 4.57. The number of aromatic nitrogens is 2. The second-order valence-corrected chi connectivity index (χ2v) is 6.14. The summed E-state index contributed by atoms with van der Waals surface area (Å²) in [5, 5.41) is 5.05. The van der Waals surface area contributed by atoms with Crippen LogP contribution in [-0.4, -0.2) is 27.5 Å². The van der Waals surface area contributed by atoms with Crippen LogP contribution < -0.4 is 5.63 Å². The molecule has 1 aliphatic heterocycles. The van der Waals surface area contributed by atoms with Gasteiger partial charge in [-0.25, -0.2) is 4.79 Å². The first-order valence-corrected chi connectivity index (χ1v) is 8.34. The van der Waals surface area contributed by atoms with Gasteiger partial charge in [0.1, 0.15) is 0 Å². The largest absolute Gasteiger partial charge is 0.417 e. The molecule has 3 aromatic rings. The van der Waals surface area contributed by atoms with Crippen LogP contribution in [0.5, 0.6) is 0 Å². The van der Waals surface area contributed by atoms with Crippen molar-refractivity contribution in [3.05, 3.63) is 58.7 Å². The van der Waals surface area contributed by atoms with Crippen LogP contribution in [0.25, 0.3) is 10.8 Å². The summed E-state index contributed by atoms with van der Waals surface area (Å²) in [7, 11) is 0. The van der Waals surface area contributed by atoms with Gasteiger partial charge in [0, 0.05) is 6.54 Å². The van der Waals surface area contributed by atoms with Crippen LogP contribution in [0.2, 0.25) is 0 Å². The highest BCUT2D eigenvalue weighted by Gasteiger charge is 2.31. The number of nitrogens with zero attached hydrogens (tertiary/aromatic N) is 3. The zero-order valence-corrected chi connectivity index (χ0v) is 13.6. The Morgan fingerprint density at radius 1 is 1.20 bits per heavy atom. The molecule has 4 rings (SSSR count). The molecule has 0 radical (unpaired) electrons. The minimum Gasteiger partial charge on any atom is -0.417 e. The zero-order chi connectivity index (χ0) is 17.2. The predicted molar refractivity (Wildman–Crippen MR) is 89.0 cm³/mol. The predicted octanol–water partition coefficient (Wildman–Crippen LogP) is 2.93. The van der Waals surface area contributed by atoms with Gasteiger partial charge >= 0.3 is 5.63 Å². The number of carbonyl (C=O) groups excluding carboxylic acids is 1. The average molecular weight is 339 g/mol. The van der Waals surface area contributed by atoms with Crippen LogP contribution in [0.1, 0.15) is 48.1 Å². The molecule has 1 atom stereocenters. The minimum absolute atomic E-state index is 0.0408. The summed E-state index contributed by atoms with van der Waals surface area (Å²) >= 11 is 0. The van der Waals surface area contributed by atoms with E-state index in [2.05, 4.69) is 10.1 Å². The number of carbonyl (C=O) groups is 1. The molecule has 128 valence electrons. The Kier molecular flexibility index (Phi) is 4.05. The zero-order valence-electron chi connectivity index (χ0n) is 13.6. The van der Waals surface area contributed by atoms with Crippen LogP contribution in [0.3, 0.4) is 0 Å². The Morgan fingerprint density at radius 2 is 2.08 bits per heavy atom. The number of hydrogen-bond donors (Lipinski definition) is 0. The van der Waals surface area contributed by atoms with Crippen molar-refractivity contribution >= 4 is 16.7 Å². The van der Waals surface area contributed by atoms with E-state index in [0.29, 0.717) is 23.1 Å². The Labute approximate surface area is 143 Å². The molecule has 0 spiro atoms. The Hall–Kier alpha value is -2.96. The van der Waals surface area contributed by atoms with Gasteiger partial charge in [0.2, 0.25) is 6.39 Å². The summed E-state index contributed by atoms with van der Waals surface area (Å²) in [5.41, 5.74) is -0.507. The maximum Gasteiger partial charge on any atom is 0.344 e.